The Morgan fingerprint density at radius 3 is 2.28 bits per heavy atom. The number of nitrogens with two attached hydrogens (primary N) is 1. The van der Waals surface area contributed by atoms with E-state index in [-0.39, 0.29) is 0 Å². The van der Waals surface area contributed by atoms with E-state index in [0.717, 1.165) is 5.92 Å². The van der Waals surface area contributed by atoms with Gasteiger partial charge in [0.05, 0.1) is 0 Å². The second-order valence-corrected chi connectivity index (χ2v) is 6.32. The van der Waals surface area contributed by atoms with Gasteiger partial charge in [-0.3, -0.25) is 11.3 Å². The van der Waals surface area contributed by atoms with E-state index in [9.17, 15) is 0 Å². The molecule has 3 heteroatoms. The number of hydrogen-bond acceptors (Lipinski definition) is 3. The van der Waals surface area contributed by atoms with Crippen LogP contribution in [0.4, 0.5) is 0 Å². The average molecular weight is 264 g/mol. The molecule has 0 amide bonds. The summed E-state index contributed by atoms with van der Waals surface area (Å²) < 4.78 is 0. The first-order chi connectivity index (χ1) is 8.74. The maximum absolute atomic E-state index is 5.79. The molecular formula is C15H24N2S. The van der Waals surface area contributed by atoms with Crippen molar-refractivity contribution in [3.05, 3.63) is 29.8 Å². The van der Waals surface area contributed by atoms with Gasteiger partial charge >= 0.3 is 0 Å². The number of hydrazine groups is 1. The number of benzene rings is 1. The fourth-order valence-electron chi connectivity index (χ4n) is 2.93. The fourth-order valence-corrected chi connectivity index (χ4v) is 3.34. The highest BCUT2D eigenvalue weighted by Crippen LogP contribution is 2.36. The molecule has 1 aliphatic rings. The van der Waals surface area contributed by atoms with Crippen molar-refractivity contribution in [3.8, 4) is 0 Å². The molecule has 0 spiro atoms. The molecule has 0 aliphatic heterocycles. The molecule has 3 N–H and O–H groups in total. The van der Waals surface area contributed by atoms with Gasteiger partial charge in [-0.25, -0.2) is 0 Å². The second-order valence-electron chi connectivity index (χ2n) is 5.44. The Balaban J connectivity index is 2.07. The lowest BCUT2D eigenvalue weighted by molar-refractivity contribution is 0.232. The first-order valence-corrected chi connectivity index (χ1v) is 8.07. The molecule has 2 nitrogen and oxygen atoms in total. The minimum Gasteiger partial charge on any atom is -0.271 e. The summed E-state index contributed by atoms with van der Waals surface area (Å²) in [6.07, 6.45) is 7.37. The van der Waals surface area contributed by atoms with Crippen LogP contribution in [0.3, 0.4) is 0 Å². The zero-order chi connectivity index (χ0) is 13.0. The lowest BCUT2D eigenvalue weighted by atomic mass is 9.77. The van der Waals surface area contributed by atoms with Gasteiger partial charge in [0.1, 0.15) is 0 Å². The highest BCUT2D eigenvalue weighted by Gasteiger charge is 2.26. The van der Waals surface area contributed by atoms with Crippen molar-refractivity contribution in [2.45, 2.75) is 43.5 Å². The van der Waals surface area contributed by atoms with Crippen LogP contribution in [-0.4, -0.2) is 6.26 Å². The first-order valence-electron chi connectivity index (χ1n) is 6.84. The van der Waals surface area contributed by atoms with Gasteiger partial charge in [0.2, 0.25) is 0 Å². The Kier molecular flexibility index (Phi) is 5.10. The number of rotatable bonds is 4. The lowest BCUT2D eigenvalue weighted by Gasteiger charge is -2.32. The molecule has 100 valence electrons. The molecular weight excluding hydrogens is 240 g/mol. The monoisotopic (exact) mass is 264 g/mol. The minimum absolute atomic E-state index is 0.313. The largest absolute Gasteiger partial charge is 0.271 e. The van der Waals surface area contributed by atoms with Crippen LogP contribution in [0.2, 0.25) is 0 Å². The van der Waals surface area contributed by atoms with Crippen molar-refractivity contribution in [2.75, 3.05) is 6.26 Å². The molecule has 1 aromatic rings. The number of nitrogens with one attached hydrogen (secondary N) is 1. The van der Waals surface area contributed by atoms with Crippen LogP contribution < -0.4 is 11.3 Å². The summed E-state index contributed by atoms with van der Waals surface area (Å²) >= 11 is 1.78. The van der Waals surface area contributed by atoms with Gasteiger partial charge in [-0.05, 0) is 48.6 Å². The summed E-state index contributed by atoms with van der Waals surface area (Å²) in [5.41, 5.74) is 4.36. The van der Waals surface area contributed by atoms with Gasteiger partial charge in [0, 0.05) is 10.9 Å². The van der Waals surface area contributed by atoms with Crippen LogP contribution >= 0.6 is 11.8 Å². The lowest BCUT2D eigenvalue weighted by Crippen LogP contribution is -2.35. The molecule has 1 aliphatic carbocycles. The van der Waals surface area contributed by atoms with Gasteiger partial charge in [-0.2, -0.15) is 0 Å². The summed E-state index contributed by atoms with van der Waals surface area (Å²) in [7, 11) is 0. The molecule has 0 radical (unpaired) electrons. The van der Waals surface area contributed by atoms with Gasteiger partial charge in [0.25, 0.3) is 0 Å². The van der Waals surface area contributed by atoms with Crippen LogP contribution in [0.25, 0.3) is 0 Å². The summed E-state index contributed by atoms with van der Waals surface area (Å²) in [5.74, 6) is 7.36. The van der Waals surface area contributed by atoms with Crippen LogP contribution in [-0.2, 0) is 0 Å². The van der Waals surface area contributed by atoms with Crippen LogP contribution in [0.1, 0.15) is 44.2 Å². The van der Waals surface area contributed by atoms with Crippen molar-refractivity contribution >= 4 is 11.8 Å². The molecule has 1 unspecified atom stereocenters. The van der Waals surface area contributed by atoms with Gasteiger partial charge in [0.15, 0.2) is 0 Å². The maximum atomic E-state index is 5.79. The van der Waals surface area contributed by atoms with Gasteiger partial charge in [-0.15, -0.1) is 11.8 Å². The molecule has 0 bridgehead atoms. The minimum atomic E-state index is 0.313. The van der Waals surface area contributed by atoms with Crippen molar-refractivity contribution in [2.24, 2.45) is 17.7 Å². The predicted molar refractivity (Wildman–Crippen MR) is 79.4 cm³/mol. The van der Waals surface area contributed by atoms with Crippen molar-refractivity contribution in [3.63, 3.8) is 0 Å². The summed E-state index contributed by atoms with van der Waals surface area (Å²) in [6, 6.07) is 9.13. The Morgan fingerprint density at radius 1 is 1.17 bits per heavy atom. The normalized spacial score (nSPS) is 25.9. The van der Waals surface area contributed by atoms with Crippen LogP contribution in [0.15, 0.2) is 29.2 Å². The zero-order valence-corrected chi connectivity index (χ0v) is 12.2. The van der Waals surface area contributed by atoms with Crippen LogP contribution in [0, 0.1) is 11.8 Å². The summed E-state index contributed by atoms with van der Waals surface area (Å²) in [4.78, 5) is 1.31. The quantitative estimate of drug-likeness (QED) is 0.494. The van der Waals surface area contributed by atoms with E-state index in [0.29, 0.717) is 12.0 Å². The maximum Gasteiger partial charge on any atom is 0.0488 e. The van der Waals surface area contributed by atoms with Crippen molar-refractivity contribution in [1.29, 1.82) is 0 Å². The Bertz CT molecular complexity index is 355. The zero-order valence-electron chi connectivity index (χ0n) is 11.4. The third kappa shape index (κ3) is 3.28. The smallest absolute Gasteiger partial charge is 0.0488 e. The van der Waals surface area contributed by atoms with E-state index in [1.807, 2.05) is 0 Å². The van der Waals surface area contributed by atoms with Crippen molar-refractivity contribution < 1.29 is 0 Å². The second kappa shape index (κ2) is 6.60. The molecule has 0 aromatic heterocycles. The average Bonchev–Trinajstić information content (AvgIpc) is 2.42. The van der Waals surface area contributed by atoms with E-state index >= 15 is 0 Å². The molecule has 1 atom stereocenters. The van der Waals surface area contributed by atoms with E-state index in [2.05, 4.69) is 42.9 Å². The van der Waals surface area contributed by atoms with Gasteiger partial charge in [-0.1, -0.05) is 31.9 Å². The highest BCUT2D eigenvalue weighted by molar-refractivity contribution is 7.98. The summed E-state index contributed by atoms with van der Waals surface area (Å²) in [6.45, 7) is 2.36. The Morgan fingerprint density at radius 2 is 1.78 bits per heavy atom. The molecule has 2 rings (SSSR count). The Labute approximate surface area is 115 Å². The Hall–Kier alpha value is -0.510. The van der Waals surface area contributed by atoms with E-state index in [1.165, 1.54) is 36.1 Å². The molecule has 1 fully saturated rings. The standard InChI is InChI=1S/C15H24N2S/c1-11-3-5-12(6-4-11)15(17-16)13-7-9-14(18-2)10-8-13/h7-12,15,17H,3-6,16H2,1-2H3. The number of thioether (sulfide) groups is 1. The van der Waals surface area contributed by atoms with Crippen molar-refractivity contribution in [1.82, 2.24) is 5.43 Å². The topological polar surface area (TPSA) is 38.0 Å². The first kappa shape index (κ1) is 13.9. The third-order valence-corrected chi connectivity index (χ3v) is 4.93. The highest BCUT2D eigenvalue weighted by atomic mass is 32.2. The van der Waals surface area contributed by atoms with E-state index in [4.69, 9.17) is 5.84 Å². The van der Waals surface area contributed by atoms with Gasteiger partial charge < -0.3 is 0 Å². The third-order valence-electron chi connectivity index (χ3n) is 4.19. The molecule has 1 saturated carbocycles. The van der Waals surface area contributed by atoms with E-state index in [1.54, 1.807) is 11.8 Å². The SMILES string of the molecule is CSc1ccc(C(NN)C2CCC(C)CC2)cc1. The molecule has 18 heavy (non-hydrogen) atoms. The fraction of sp³-hybridized carbons (Fsp3) is 0.600. The number of hydrogen-bond donors (Lipinski definition) is 2. The molecule has 1 aromatic carbocycles. The van der Waals surface area contributed by atoms with Crippen LogP contribution in [0.5, 0.6) is 0 Å². The summed E-state index contributed by atoms with van der Waals surface area (Å²) in [5, 5.41) is 0. The predicted octanol–water partition coefficient (Wildman–Crippen LogP) is 3.74. The molecule has 0 heterocycles. The van der Waals surface area contributed by atoms with E-state index < -0.39 is 0 Å². The molecule has 0 saturated heterocycles.